The van der Waals surface area contributed by atoms with E-state index < -0.39 is 0 Å². The number of nitrogens with zero attached hydrogens (tertiary/aromatic N) is 1. The van der Waals surface area contributed by atoms with E-state index in [-0.39, 0.29) is 5.91 Å². The van der Waals surface area contributed by atoms with Gasteiger partial charge in [-0.1, -0.05) is 13.0 Å². The Bertz CT molecular complexity index is 549. The van der Waals surface area contributed by atoms with Crippen molar-refractivity contribution in [2.45, 2.75) is 13.3 Å². The van der Waals surface area contributed by atoms with Crippen LogP contribution in [-0.2, 0) is 6.42 Å². The van der Waals surface area contributed by atoms with Crippen LogP contribution in [0.3, 0.4) is 0 Å². The van der Waals surface area contributed by atoms with Crippen LogP contribution in [0.25, 0.3) is 0 Å². The number of carbonyl (C=O) groups excluding carboxylic acids is 1. The van der Waals surface area contributed by atoms with Crippen LogP contribution in [-0.4, -0.2) is 23.2 Å². The van der Waals surface area contributed by atoms with Gasteiger partial charge in [0.25, 0.3) is 5.91 Å². The molecule has 2 rings (SSSR count). The van der Waals surface area contributed by atoms with E-state index in [1.807, 2.05) is 13.0 Å². The summed E-state index contributed by atoms with van der Waals surface area (Å²) >= 11 is 0. The maximum Gasteiger partial charge on any atom is 0.256 e. The van der Waals surface area contributed by atoms with E-state index in [1.165, 1.54) is 0 Å². The van der Waals surface area contributed by atoms with E-state index >= 15 is 0 Å². The summed E-state index contributed by atoms with van der Waals surface area (Å²) in [4.78, 5) is 12.0. The molecule has 0 radical (unpaired) electrons. The number of methoxy groups -OCH3 is 1. The van der Waals surface area contributed by atoms with Gasteiger partial charge >= 0.3 is 0 Å². The smallest absolute Gasteiger partial charge is 0.256 e. The van der Waals surface area contributed by atoms with Crippen LogP contribution in [0.5, 0.6) is 5.75 Å². The van der Waals surface area contributed by atoms with E-state index in [2.05, 4.69) is 15.5 Å². The largest absolute Gasteiger partial charge is 0.497 e. The molecule has 1 amide bonds. The minimum atomic E-state index is -0.206. The van der Waals surface area contributed by atoms with Crippen molar-refractivity contribution in [2.75, 3.05) is 12.4 Å². The minimum absolute atomic E-state index is 0.206. The van der Waals surface area contributed by atoms with Gasteiger partial charge in [-0.25, -0.2) is 0 Å². The first-order valence-corrected chi connectivity index (χ1v) is 5.72. The van der Waals surface area contributed by atoms with Gasteiger partial charge in [-0.05, 0) is 24.6 Å². The summed E-state index contributed by atoms with van der Waals surface area (Å²) in [7, 11) is 1.57. The van der Waals surface area contributed by atoms with Crippen molar-refractivity contribution in [2.24, 2.45) is 0 Å². The number of amides is 1. The van der Waals surface area contributed by atoms with Crippen LogP contribution in [0.2, 0.25) is 0 Å². The highest BCUT2D eigenvalue weighted by atomic mass is 16.5. The van der Waals surface area contributed by atoms with Gasteiger partial charge < -0.3 is 10.1 Å². The quantitative estimate of drug-likeness (QED) is 0.868. The topological polar surface area (TPSA) is 67.0 Å². The number of hydrogen-bond donors (Lipinski definition) is 2. The first-order chi connectivity index (χ1) is 8.72. The minimum Gasteiger partial charge on any atom is -0.497 e. The second-order valence-corrected chi connectivity index (χ2v) is 3.82. The average molecular weight is 245 g/mol. The number of carbonyl (C=O) groups is 1. The summed E-state index contributed by atoms with van der Waals surface area (Å²) in [6.45, 7) is 2.02. The summed E-state index contributed by atoms with van der Waals surface area (Å²) in [5.41, 5.74) is 1.52. The molecule has 5 heteroatoms. The second kappa shape index (κ2) is 5.35. The second-order valence-electron chi connectivity index (χ2n) is 3.82. The molecule has 0 saturated heterocycles. The predicted molar refractivity (Wildman–Crippen MR) is 68.9 cm³/mol. The number of nitrogens with one attached hydrogen (secondary N) is 2. The number of benzene rings is 1. The number of ether oxygens (including phenoxy) is 1. The van der Waals surface area contributed by atoms with Gasteiger partial charge in [-0.2, -0.15) is 5.10 Å². The molecule has 5 nitrogen and oxygen atoms in total. The lowest BCUT2D eigenvalue weighted by Crippen LogP contribution is -2.12. The SMILES string of the molecule is CCc1cc(NC(=O)c2cccc(OC)c2)n[nH]1. The lowest BCUT2D eigenvalue weighted by atomic mass is 10.2. The highest BCUT2D eigenvalue weighted by molar-refractivity contribution is 6.04. The number of aryl methyl sites for hydroxylation is 1. The normalized spacial score (nSPS) is 10.1. The molecule has 0 aliphatic rings. The van der Waals surface area contributed by atoms with Crippen LogP contribution >= 0.6 is 0 Å². The Labute approximate surface area is 105 Å². The Morgan fingerprint density at radius 1 is 1.44 bits per heavy atom. The molecule has 2 aromatic rings. The van der Waals surface area contributed by atoms with Crippen molar-refractivity contribution in [3.8, 4) is 5.75 Å². The van der Waals surface area contributed by atoms with Crippen molar-refractivity contribution in [3.05, 3.63) is 41.6 Å². The lowest BCUT2D eigenvalue weighted by molar-refractivity contribution is 0.102. The molecule has 2 N–H and O–H groups in total. The van der Waals surface area contributed by atoms with Crippen molar-refractivity contribution >= 4 is 11.7 Å². The molecular weight excluding hydrogens is 230 g/mol. The molecule has 18 heavy (non-hydrogen) atoms. The van der Waals surface area contributed by atoms with E-state index in [0.29, 0.717) is 17.1 Å². The Balaban J connectivity index is 2.11. The molecule has 1 heterocycles. The first kappa shape index (κ1) is 12.2. The number of aromatic amines is 1. The van der Waals surface area contributed by atoms with Crippen LogP contribution < -0.4 is 10.1 Å². The van der Waals surface area contributed by atoms with Crippen molar-refractivity contribution in [1.29, 1.82) is 0 Å². The highest BCUT2D eigenvalue weighted by Gasteiger charge is 2.08. The molecule has 0 fully saturated rings. The number of hydrogen-bond acceptors (Lipinski definition) is 3. The molecule has 0 bridgehead atoms. The van der Waals surface area contributed by atoms with E-state index in [0.717, 1.165) is 12.1 Å². The van der Waals surface area contributed by atoms with Crippen molar-refractivity contribution < 1.29 is 9.53 Å². The summed E-state index contributed by atoms with van der Waals surface area (Å²) in [6, 6.07) is 8.79. The van der Waals surface area contributed by atoms with Crippen molar-refractivity contribution in [1.82, 2.24) is 10.2 Å². The number of H-pyrrole nitrogens is 1. The highest BCUT2D eigenvalue weighted by Crippen LogP contribution is 2.14. The zero-order valence-corrected chi connectivity index (χ0v) is 10.4. The average Bonchev–Trinajstić information content (AvgIpc) is 2.86. The number of rotatable bonds is 4. The maximum atomic E-state index is 12.0. The van der Waals surface area contributed by atoms with Gasteiger partial charge in [-0.3, -0.25) is 9.89 Å². The maximum absolute atomic E-state index is 12.0. The van der Waals surface area contributed by atoms with Crippen LogP contribution in [0.15, 0.2) is 30.3 Å². The summed E-state index contributed by atoms with van der Waals surface area (Å²) in [5.74, 6) is 0.974. The Morgan fingerprint density at radius 2 is 2.28 bits per heavy atom. The van der Waals surface area contributed by atoms with Crippen molar-refractivity contribution in [3.63, 3.8) is 0 Å². The fourth-order valence-corrected chi connectivity index (χ4v) is 1.56. The fourth-order valence-electron chi connectivity index (χ4n) is 1.56. The van der Waals surface area contributed by atoms with E-state index in [1.54, 1.807) is 31.4 Å². The van der Waals surface area contributed by atoms with Gasteiger partial charge in [0.1, 0.15) is 5.75 Å². The van der Waals surface area contributed by atoms with E-state index in [4.69, 9.17) is 4.74 Å². The predicted octanol–water partition coefficient (Wildman–Crippen LogP) is 2.23. The molecule has 0 spiro atoms. The molecule has 0 saturated carbocycles. The molecule has 1 aromatic heterocycles. The zero-order valence-electron chi connectivity index (χ0n) is 10.4. The number of aromatic nitrogens is 2. The molecular formula is C13H15N3O2. The summed E-state index contributed by atoms with van der Waals surface area (Å²) in [5, 5.41) is 9.58. The molecule has 0 aliphatic heterocycles. The Hall–Kier alpha value is -2.30. The third kappa shape index (κ3) is 2.68. The Morgan fingerprint density at radius 3 is 2.94 bits per heavy atom. The third-order valence-corrected chi connectivity index (χ3v) is 2.59. The molecule has 0 atom stereocenters. The van der Waals surface area contributed by atoms with Gasteiger partial charge in [0.2, 0.25) is 0 Å². The van der Waals surface area contributed by atoms with Gasteiger partial charge in [0.05, 0.1) is 7.11 Å². The van der Waals surface area contributed by atoms with Gasteiger partial charge in [0.15, 0.2) is 5.82 Å². The molecule has 0 unspecified atom stereocenters. The van der Waals surface area contributed by atoms with Crippen LogP contribution in [0, 0.1) is 0 Å². The fraction of sp³-hybridized carbons (Fsp3) is 0.231. The first-order valence-electron chi connectivity index (χ1n) is 5.72. The van der Waals surface area contributed by atoms with Crippen LogP contribution in [0.1, 0.15) is 23.0 Å². The Kier molecular flexibility index (Phi) is 3.62. The molecule has 1 aromatic carbocycles. The molecule has 0 aliphatic carbocycles. The van der Waals surface area contributed by atoms with Crippen LogP contribution in [0.4, 0.5) is 5.82 Å². The standard InChI is InChI=1S/C13H15N3O2/c1-3-10-8-12(16-15-10)14-13(17)9-5-4-6-11(7-9)18-2/h4-8H,3H2,1-2H3,(H2,14,15,16,17). The van der Waals surface area contributed by atoms with Gasteiger partial charge in [-0.15, -0.1) is 0 Å². The van der Waals surface area contributed by atoms with E-state index in [9.17, 15) is 4.79 Å². The van der Waals surface area contributed by atoms with Gasteiger partial charge in [0, 0.05) is 17.3 Å². The third-order valence-electron chi connectivity index (χ3n) is 2.59. The molecule has 94 valence electrons. The number of anilines is 1. The summed E-state index contributed by atoms with van der Waals surface area (Å²) < 4.78 is 5.07. The lowest BCUT2D eigenvalue weighted by Gasteiger charge is -2.04. The zero-order chi connectivity index (χ0) is 13.0. The monoisotopic (exact) mass is 245 g/mol. The summed E-state index contributed by atoms with van der Waals surface area (Å²) in [6.07, 6.45) is 0.849.